The van der Waals surface area contributed by atoms with Gasteiger partial charge in [0.25, 0.3) is 0 Å². The summed E-state index contributed by atoms with van der Waals surface area (Å²) in [5.41, 5.74) is 1.12. The van der Waals surface area contributed by atoms with Gasteiger partial charge in [-0.2, -0.15) is 8.42 Å². The molecule has 4 nitrogen and oxygen atoms in total. The zero-order valence-electron chi connectivity index (χ0n) is 10.2. The minimum absolute atomic E-state index is 0.0395. The van der Waals surface area contributed by atoms with E-state index < -0.39 is 16.1 Å². The van der Waals surface area contributed by atoms with Crippen molar-refractivity contribution >= 4 is 16.1 Å². The van der Waals surface area contributed by atoms with E-state index in [-0.39, 0.29) is 10.5 Å². The number of carbonyl (C=O) groups is 1. The molecule has 0 saturated heterocycles. The van der Waals surface area contributed by atoms with Gasteiger partial charge in [0.2, 0.25) is 0 Å². The van der Waals surface area contributed by atoms with Crippen LogP contribution in [0.3, 0.4) is 0 Å². The third-order valence-electron chi connectivity index (χ3n) is 2.50. The lowest BCUT2D eigenvalue weighted by Gasteiger charge is -2.05. The molecule has 0 N–H and O–H groups in total. The van der Waals surface area contributed by atoms with Gasteiger partial charge in [0, 0.05) is 0 Å². The smallest absolute Gasteiger partial charge is 0.338 e. The lowest BCUT2D eigenvalue weighted by atomic mass is 10.2. The minimum Gasteiger partial charge on any atom is -0.338 e. The predicted molar refractivity (Wildman–Crippen MR) is 70.2 cm³/mol. The SMILES string of the molecule is Cc1ccc(S(=O)(=O)OC(=O)c2ccccc2)cc1. The highest BCUT2D eigenvalue weighted by Crippen LogP contribution is 2.15. The Labute approximate surface area is 111 Å². The van der Waals surface area contributed by atoms with Crippen molar-refractivity contribution in [2.75, 3.05) is 0 Å². The Hall–Kier alpha value is -2.14. The first-order valence-electron chi connectivity index (χ1n) is 5.59. The highest BCUT2D eigenvalue weighted by Gasteiger charge is 2.20. The van der Waals surface area contributed by atoms with Crippen molar-refractivity contribution in [1.29, 1.82) is 0 Å². The molecule has 0 spiro atoms. The van der Waals surface area contributed by atoms with Crippen LogP contribution in [0.2, 0.25) is 0 Å². The molecule has 5 heteroatoms. The number of benzene rings is 2. The molecular formula is C14H12O4S. The summed E-state index contributed by atoms with van der Waals surface area (Å²) < 4.78 is 28.4. The molecule has 2 rings (SSSR count). The van der Waals surface area contributed by atoms with E-state index >= 15 is 0 Å². The van der Waals surface area contributed by atoms with Crippen LogP contribution in [0.15, 0.2) is 59.5 Å². The summed E-state index contributed by atoms with van der Waals surface area (Å²) in [6.07, 6.45) is 0. The van der Waals surface area contributed by atoms with E-state index in [0.29, 0.717) is 0 Å². The van der Waals surface area contributed by atoms with Gasteiger partial charge in [0.05, 0.1) is 5.56 Å². The quantitative estimate of drug-likeness (QED) is 0.808. The van der Waals surface area contributed by atoms with E-state index in [9.17, 15) is 13.2 Å². The normalized spacial score (nSPS) is 11.0. The average molecular weight is 276 g/mol. The third kappa shape index (κ3) is 3.20. The van der Waals surface area contributed by atoms with Crippen molar-refractivity contribution in [1.82, 2.24) is 0 Å². The van der Waals surface area contributed by atoms with Crippen molar-refractivity contribution in [3.8, 4) is 0 Å². The summed E-state index contributed by atoms with van der Waals surface area (Å²) in [7, 11) is -4.07. The number of hydrogen-bond acceptors (Lipinski definition) is 4. The van der Waals surface area contributed by atoms with Crippen LogP contribution >= 0.6 is 0 Å². The fraction of sp³-hybridized carbons (Fsp3) is 0.0714. The van der Waals surface area contributed by atoms with Crippen LogP contribution in [-0.2, 0) is 14.3 Å². The van der Waals surface area contributed by atoms with Gasteiger partial charge < -0.3 is 4.18 Å². The van der Waals surface area contributed by atoms with Gasteiger partial charge in [-0.15, -0.1) is 0 Å². The second-order valence-corrected chi connectivity index (χ2v) is 5.55. The van der Waals surface area contributed by atoms with Crippen LogP contribution in [-0.4, -0.2) is 14.4 Å². The van der Waals surface area contributed by atoms with Crippen LogP contribution in [0.1, 0.15) is 15.9 Å². The second kappa shape index (κ2) is 5.24. The molecule has 0 saturated carbocycles. The Morgan fingerprint density at radius 3 is 2.11 bits per heavy atom. The summed E-state index contributed by atoms with van der Waals surface area (Å²) in [6.45, 7) is 1.84. The molecular weight excluding hydrogens is 264 g/mol. The summed E-state index contributed by atoms with van der Waals surface area (Å²) in [6, 6.07) is 14.1. The molecule has 2 aromatic carbocycles. The lowest BCUT2D eigenvalue weighted by Crippen LogP contribution is -2.13. The second-order valence-electron chi connectivity index (χ2n) is 4.00. The fourth-order valence-electron chi connectivity index (χ4n) is 1.48. The molecule has 19 heavy (non-hydrogen) atoms. The van der Waals surface area contributed by atoms with Crippen molar-refractivity contribution in [2.24, 2.45) is 0 Å². The molecule has 0 atom stereocenters. The highest BCUT2D eigenvalue weighted by atomic mass is 32.2. The van der Waals surface area contributed by atoms with Crippen molar-refractivity contribution in [3.63, 3.8) is 0 Å². The summed E-state index contributed by atoms with van der Waals surface area (Å²) in [4.78, 5) is 11.7. The molecule has 0 unspecified atom stereocenters. The van der Waals surface area contributed by atoms with Crippen LogP contribution in [0.5, 0.6) is 0 Å². The van der Waals surface area contributed by atoms with E-state index in [4.69, 9.17) is 0 Å². The summed E-state index contributed by atoms with van der Waals surface area (Å²) in [5.74, 6) is -0.888. The van der Waals surface area contributed by atoms with Crippen LogP contribution in [0, 0.1) is 6.92 Å². The van der Waals surface area contributed by atoms with E-state index in [1.165, 1.54) is 24.3 Å². The molecule has 98 valence electrons. The van der Waals surface area contributed by atoms with Crippen molar-refractivity contribution < 1.29 is 17.4 Å². The fourth-order valence-corrected chi connectivity index (χ4v) is 2.34. The monoisotopic (exact) mass is 276 g/mol. The topological polar surface area (TPSA) is 60.4 Å². The van der Waals surface area contributed by atoms with Gasteiger partial charge in [0.1, 0.15) is 4.90 Å². The van der Waals surface area contributed by atoms with Crippen LogP contribution in [0.4, 0.5) is 0 Å². The van der Waals surface area contributed by atoms with E-state index in [2.05, 4.69) is 4.18 Å². The van der Waals surface area contributed by atoms with Crippen LogP contribution < -0.4 is 0 Å². The van der Waals surface area contributed by atoms with E-state index in [1.807, 2.05) is 6.92 Å². The Balaban J connectivity index is 2.23. The van der Waals surface area contributed by atoms with Gasteiger partial charge in [-0.1, -0.05) is 35.9 Å². The Morgan fingerprint density at radius 1 is 0.947 bits per heavy atom. The molecule has 0 aliphatic rings. The molecule has 0 fully saturated rings. The predicted octanol–water partition coefficient (Wildman–Crippen LogP) is 2.54. The van der Waals surface area contributed by atoms with Gasteiger partial charge in [-0.05, 0) is 31.2 Å². The first kappa shape index (κ1) is 13.3. The maximum atomic E-state index is 11.9. The van der Waals surface area contributed by atoms with E-state index in [0.717, 1.165) is 5.56 Å². The van der Waals surface area contributed by atoms with Gasteiger partial charge in [-0.3, -0.25) is 0 Å². The molecule has 2 aromatic rings. The Kier molecular flexibility index (Phi) is 3.66. The highest BCUT2D eigenvalue weighted by molar-refractivity contribution is 7.87. The zero-order chi connectivity index (χ0) is 13.9. The molecule has 0 aliphatic heterocycles. The molecule has 0 aromatic heterocycles. The first-order chi connectivity index (χ1) is 8.99. The minimum atomic E-state index is -4.07. The maximum Gasteiger partial charge on any atom is 0.354 e. The molecule has 0 amide bonds. The van der Waals surface area contributed by atoms with E-state index in [1.54, 1.807) is 30.3 Å². The zero-order valence-corrected chi connectivity index (χ0v) is 11.1. The van der Waals surface area contributed by atoms with Gasteiger partial charge in [0.15, 0.2) is 0 Å². The Morgan fingerprint density at radius 2 is 1.53 bits per heavy atom. The molecule has 0 radical (unpaired) electrons. The summed E-state index contributed by atoms with van der Waals surface area (Å²) >= 11 is 0. The number of aryl methyl sites for hydroxylation is 1. The molecule has 0 aliphatic carbocycles. The van der Waals surface area contributed by atoms with Gasteiger partial charge in [-0.25, -0.2) is 4.79 Å². The lowest BCUT2D eigenvalue weighted by molar-refractivity contribution is 0.0746. The average Bonchev–Trinajstić information content (AvgIpc) is 2.40. The molecule has 0 bridgehead atoms. The summed E-state index contributed by atoms with van der Waals surface area (Å²) in [5, 5.41) is 0. The van der Waals surface area contributed by atoms with Crippen molar-refractivity contribution in [2.45, 2.75) is 11.8 Å². The number of carbonyl (C=O) groups excluding carboxylic acids is 1. The van der Waals surface area contributed by atoms with Crippen LogP contribution in [0.25, 0.3) is 0 Å². The molecule has 0 heterocycles. The first-order valence-corrected chi connectivity index (χ1v) is 7.00. The van der Waals surface area contributed by atoms with Gasteiger partial charge >= 0.3 is 16.1 Å². The third-order valence-corrected chi connectivity index (χ3v) is 3.72. The number of hydrogen-bond donors (Lipinski definition) is 0. The Bertz CT molecular complexity index is 673. The van der Waals surface area contributed by atoms with Crippen molar-refractivity contribution in [3.05, 3.63) is 65.7 Å². The number of rotatable bonds is 3. The standard InChI is InChI=1S/C14H12O4S/c1-11-7-9-13(10-8-11)19(16,17)18-14(15)12-5-3-2-4-6-12/h2-10H,1H3. The maximum absolute atomic E-state index is 11.9. The largest absolute Gasteiger partial charge is 0.354 e.